The first-order valence-corrected chi connectivity index (χ1v) is 18.8. The van der Waals surface area contributed by atoms with Gasteiger partial charge in [0.2, 0.25) is 0 Å². The lowest BCUT2D eigenvalue weighted by molar-refractivity contribution is -0.163. The molecule has 4 atom stereocenters. The Kier molecular flexibility index (Phi) is 21.2. The van der Waals surface area contributed by atoms with E-state index in [1.54, 1.807) is 0 Å². The first kappa shape index (κ1) is 39.6. The Hall–Kier alpha value is -1.88. The van der Waals surface area contributed by atoms with Crippen LogP contribution in [0.5, 0.6) is 0 Å². The van der Waals surface area contributed by atoms with Crippen LogP contribution in [0.1, 0.15) is 148 Å². The Balaban J connectivity index is 1.13. The lowest BCUT2D eigenvalue weighted by Crippen LogP contribution is -2.37. The van der Waals surface area contributed by atoms with Crippen LogP contribution in [-0.2, 0) is 28.5 Å². The van der Waals surface area contributed by atoms with Gasteiger partial charge in [0.1, 0.15) is 0 Å². The smallest absolute Gasteiger partial charge is 0.279 e. The van der Waals surface area contributed by atoms with Crippen molar-refractivity contribution in [1.29, 1.82) is 0 Å². The highest BCUT2D eigenvalue weighted by atomic mass is 19.1. The van der Waals surface area contributed by atoms with Gasteiger partial charge in [0, 0.05) is 38.5 Å². The first-order chi connectivity index (χ1) is 23.0. The van der Waals surface area contributed by atoms with Gasteiger partial charge in [-0.3, -0.25) is 9.59 Å². The Morgan fingerprint density at radius 2 is 0.979 bits per heavy atom. The highest BCUT2D eigenvalue weighted by Gasteiger charge is 2.28. The number of amides is 2. The van der Waals surface area contributed by atoms with Gasteiger partial charge < -0.3 is 29.6 Å². The maximum absolute atomic E-state index is 14.4. The molecule has 1 aliphatic carbocycles. The maximum Gasteiger partial charge on any atom is 0.279 e. The normalized spacial score (nSPS) is 24.0. The molecule has 0 aromatic carbocycles. The quantitative estimate of drug-likeness (QED) is 0.0793. The summed E-state index contributed by atoms with van der Waals surface area (Å²) in [6.45, 7) is 3.09. The van der Waals surface area contributed by atoms with Crippen molar-refractivity contribution in [3.8, 4) is 0 Å². The van der Waals surface area contributed by atoms with E-state index in [0.717, 1.165) is 129 Å². The number of carbonyl (C=O) groups excluding carboxylic acids is 2. The van der Waals surface area contributed by atoms with Crippen LogP contribution in [0.25, 0.3) is 0 Å². The van der Waals surface area contributed by atoms with Crippen molar-refractivity contribution in [2.75, 3.05) is 26.4 Å². The van der Waals surface area contributed by atoms with E-state index in [0.29, 0.717) is 32.1 Å². The van der Waals surface area contributed by atoms with Gasteiger partial charge in [0.15, 0.2) is 24.2 Å². The monoisotopic (exact) mass is 668 g/mol. The molecule has 0 bridgehead atoms. The van der Waals surface area contributed by atoms with Gasteiger partial charge in [-0.25, -0.2) is 8.78 Å². The van der Waals surface area contributed by atoms with E-state index >= 15 is 0 Å². The largest absolute Gasteiger partial charge is 0.353 e. The zero-order valence-corrected chi connectivity index (χ0v) is 28.8. The Morgan fingerprint density at radius 3 is 1.38 bits per heavy atom. The number of hydrogen-bond donors (Lipinski definition) is 2. The predicted octanol–water partition coefficient (Wildman–Crippen LogP) is 8.39. The molecule has 3 aliphatic rings. The third-order valence-corrected chi connectivity index (χ3v) is 9.26. The highest BCUT2D eigenvalue weighted by Crippen LogP contribution is 2.21. The fourth-order valence-corrected chi connectivity index (χ4v) is 6.42. The predicted molar refractivity (Wildman–Crippen MR) is 180 cm³/mol. The summed E-state index contributed by atoms with van der Waals surface area (Å²) < 4.78 is 51.3. The lowest BCUT2D eigenvalue weighted by atomic mass is 10.1. The van der Waals surface area contributed by atoms with Gasteiger partial charge in [-0.2, -0.15) is 0 Å². The summed E-state index contributed by atoms with van der Waals surface area (Å²) in [5.74, 6) is -2.94. The molecule has 0 radical (unpaired) electrons. The minimum absolute atomic E-state index is 0.0185. The number of rotatable bonds is 24. The van der Waals surface area contributed by atoms with E-state index < -0.39 is 23.5 Å². The fraction of sp³-hybridized carbons (Fsp3) is 0.838. The number of unbranched alkanes of at least 4 members (excludes halogenated alkanes) is 12. The second-order valence-corrected chi connectivity index (χ2v) is 13.4. The van der Waals surface area contributed by atoms with E-state index in [2.05, 4.69) is 10.6 Å². The SMILES string of the molecule is O=C(N[C@@H]1CC[C@H](NC(=O)/C(F)=C/CCCCCCCCOC2CCCCO2)C1)/C(F)=C/CCCCCCCCOC1CCCCO1. The second-order valence-electron chi connectivity index (χ2n) is 13.4. The first-order valence-electron chi connectivity index (χ1n) is 18.8. The number of ether oxygens (including phenoxy) is 4. The average Bonchev–Trinajstić information content (AvgIpc) is 3.53. The number of nitrogens with one attached hydrogen (secondary N) is 2. The van der Waals surface area contributed by atoms with Crippen LogP contribution in [0.2, 0.25) is 0 Å². The molecule has 3 fully saturated rings. The molecule has 2 saturated heterocycles. The Morgan fingerprint density at radius 1 is 0.574 bits per heavy atom. The van der Waals surface area contributed by atoms with Crippen LogP contribution in [0, 0.1) is 0 Å². The molecule has 270 valence electrons. The molecule has 8 nitrogen and oxygen atoms in total. The minimum atomic E-state index is -0.757. The molecule has 2 aliphatic heterocycles. The van der Waals surface area contributed by atoms with E-state index in [1.807, 2.05) is 0 Å². The summed E-state index contributed by atoms with van der Waals surface area (Å²) in [6, 6.07) is -0.473. The standard InChI is InChI=1S/C37H62F2N2O6/c38-32(19-11-7-3-1-5-9-15-25-44-34-21-13-17-27-46-34)36(42)40-30-23-24-31(29-30)41-37(43)33(39)20-12-8-4-2-6-10-16-26-45-35-22-14-18-28-47-35/h19-20,30-31,34-35H,1-18,21-29H2,(H,40,42)(H,41,43)/b32-19-,33-20-/t30-,31+,34?,35?. The minimum Gasteiger partial charge on any atom is -0.353 e. The van der Waals surface area contributed by atoms with Crippen LogP contribution in [0.4, 0.5) is 8.78 Å². The topological polar surface area (TPSA) is 95.1 Å². The maximum atomic E-state index is 14.4. The highest BCUT2D eigenvalue weighted by molar-refractivity contribution is 5.92. The van der Waals surface area contributed by atoms with Crippen molar-refractivity contribution in [2.45, 2.75) is 172 Å². The zero-order valence-electron chi connectivity index (χ0n) is 28.8. The van der Waals surface area contributed by atoms with Crippen molar-refractivity contribution in [1.82, 2.24) is 10.6 Å². The molecule has 2 heterocycles. The summed E-state index contributed by atoms with van der Waals surface area (Å²) in [5.41, 5.74) is 0. The number of halogens is 2. The van der Waals surface area contributed by atoms with Gasteiger partial charge in [-0.05, 0) is 108 Å². The molecule has 2 amide bonds. The lowest BCUT2D eigenvalue weighted by Gasteiger charge is -2.22. The molecule has 0 aromatic rings. The van der Waals surface area contributed by atoms with Crippen molar-refractivity contribution in [3.63, 3.8) is 0 Å². The van der Waals surface area contributed by atoms with Crippen molar-refractivity contribution in [2.24, 2.45) is 0 Å². The number of allylic oxidation sites excluding steroid dienone is 2. The van der Waals surface area contributed by atoms with Crippen LogP contribution >= 0.6 is 0 Å². The zero-order chi connectivity index (χ0) is 33.4. The molecule has 10 heteroatoms. The van der Waals surface area contributed by atoms with Gasteiger partial charge >= 0.3 is 0 Å². The van der Waals surface area contributed by atoms with Crippen molar-refractivity contribution in [3.05, 3.63) is 23.8 Å². The van der Waals surface area contributed by atoms with Crippen molar-refractivity contribution >= 4 is 11.8 Å². The summed E-state index contributed by atoms with van der Waals surface area (Å²) in [5, 5.41) is 5.45. The van der Waals surface area contributed by atoms with Gasteiger partial charge in [-0.15, -0.1) is 0 Å². The second kappa shape index (κ2) is 25.1. The van der Waals surface area contributed by atoms with Crippen LogP contribution in [0.15, 0.2) is 23.8 Å². The van der Waals surface area contributed by atoms with E-state index in [9.17, 15) is 18.4 Å². The third-order valence-electron chi connectivity index (χ3n) is 9.26. The summed E-state index contributed by atoms with van der Waals surface area (Å²) in [7, 11) is 0. The van der Waals surface area contributed by atoms with Gasteiger partial charge in [-0.1, -0.05) is 51.4 Å². The molecular weight excluding hydrogens is 606 g/mol. The van der Waals surface area contributed by atoms with Crippen LogP contribution in [0.3, 0.4) is 0 Å². The van der Waals surface area contributed by atoms with Gasteiger partial charge in [0.05, 0.1) is 0 Å². The van der Waals surface area contributed by atoms with E-state index in [1.165, 1.54) is 25.0 Å². The van der Waals surface area contributed by atoms with Crippen LogP contribution < -0.4 is 10.6 Å². The molecule has 47 heavy (non-hydrogen) atoms. The number of hydrogen-bond acceptors (Lipinski definition) is 6. The Labute approximate surface area is 282 Å². The summed E-state index contributed by atoms with van der Waals surface area (Å²) in [4.78, 5) is 24.6. The molecular formula is C37H62F2N2O6. The molecule has 0 aromatic heterocycles. The van der Waals surface area contributed by atoms with E-state index in [-0.39, 0.29) is 24.7 Å². The Bertz CT molecular complexity index is 849. The molecule has 1 saturated carbocycles. The third kappa shape index (κ3) is 18.5. The number of carbonyl (C=O) groups is 2. The van der Waals surface area contributed by atoms with E-state index in [4.69, 9.17) is 18.9 Å². The molecule has 3 rings (SSSR count). The van der Waals surface area contributed by atoms with Gasteiger partial charge in [0.25, 0.3) is 11.8 Å². The average molecular weight is 669 g/mol. The van der Waals surface area contributed by atoms with Crippen molar-refractivity contribution < 1.29 is 37.3 Å². The fourth-order valence-electron chi connectivity index (χ4n) is 6.42. The molecule has 0 spiro atoms. The molecule has 2 N–H and O–H groups in total. The van der Waals surface area contributed by atoms with Crippen LogP contribution in [-0.4, -0.2) is 62.9 Å². The molecule has 2 unspecified atom stereocenters. The summed E-state index contributed by atoms with van der Waals surface area (Å²) in [6.07, 6.45) is 24.4. The summed E-state index contributed by atoms with van der Waals surface area (Å²) >= 11 is 0.